The molecule has 94 valence electrons. The van der Waals surface area contributed by atoms with Crippen molar-refractivity contribution >= 4 is 33.8 Å². The molecule has 0 amide bonds. The molecule has 0 saturated carbocycles. The molecule has 2 heterocycles. The summed E-state index contributed by atoms with van der Waals surface area (Å²) in [6.45, 7) is 1.83. The van der Waals surface area contributed by atoms with Crippen molar-refractivity contribution in [1.82, 2.24) is 4.98 Å². The molecule has 1 aromatic heterocycles. The van der Waals surface area contributed by atoms with Crippen LogP contribution in [0.4, 0.5) is 5.13 Å². The lowest BCUT2D eigenvalue weighted by Gasteiger charge is -2.25. The van der Waals surface area contributed by atoms with Crippen molar-refractivity contribution < 1.29 is 14.7 Å². The number of piperidine rings is 1. The predicted molar refractivity (Wildman–Crippen MR) is 68.1 cm³/mol. The minimum Gasteiger partial charge on any atom is -0.505 e. The van der Waals surface area contributed by atoms with Gasteiger partial charge in [-0.25, -0.2) is 4.98 Å². The standard InChI is InChI=1S/C12H12N2O3S/c15-7-6-8(16)10(17)11-9(7)13-12(18-11)14-4-2-1-3-5-14/h6,15H,1-5H2. The van der Waals surface area contributed by atoms with Crippen LogP contribution in [0.25, 0.3) is 5.76 Å². The molecule has 1 N–H and O–H groups in total. The lowest BCUT2D eigenvalue weighted by atomic mass is 10.1. The van der Waals surface area contributed by atoms with E-state index in [1.165, 1.54) is 17.8 Å². The fourth-order valence-electron chi connectivity index (χ4n) is 2.23. The summed E-state index contributed by atoms with van der Waals surface area (Å²) in [5.74, 6) is -1.44. The van der Waals surface area contributed by atoms with E-state index < -0.39 is 11.6 Å². The zero-order valence-corrected chi connectivity index (χ0v) is 10.5. The zero-order valence-electron chi connectivity index (χ0n) is 9.68. The lowest BCUT2D eigenvalue weighted by molar-refractivity contribution is -0.111. The molecule has 0 spiro atoms. The fraction of sp³-hybridized carbons (Fsp3) is 0.417. The summed E-state index contributed by atoms with van der Waals surface area (Å²) < 4.78 is 0. The average molecular weight is 264 g/mol. The van der Waals surface area contributed by atoms with E-state index in [4.69, 9.17) is 0 Å². The number of hydrogen-bond acceptors (Lipinski definition) is 6. The Morgan fingerprint density at radius 1 is 1.22 bits per heavy atom. The van der Waals surface area contributed by atoms with Gasteiger partial charge in [0.2, 0.25) is 11.6 Å². The molecule has 6 heteroatoms. The van der Waals surface area contributed by atoms with Crippen LogP contribution in [0.2, 0.25) is 0 Å². The number of fused-ring (bicyclic) bond motifs is 1. The first kappa shape index (κ1) is 11.4. The van der Waals surface area contributed by atoms with Gasteiger partial charge in [0.15, 0.2) is 5.13 Å². The third kappa shape index (κ3) is 1.73. The van der Waals surface area contributed by atoms with Crippen molar-refractivity contribution in [2.75, 3.05) is 18.0 Å². The Hall–Kier alpha value is -1.69. The Morgan fingerprint density at radius 3 is 2.67 bits per heavy atom. The van der Waals surface area contributed by atoms with E-state index in [0.717, 1.165) is 37.1 Å². The number of aliphatic hydroxyl groups excluding tert-OH is 1. The summed E-state index contributed by atoms with van der Waals surface area (Å²) in [6, 6.07) is 0. The van der Waals surface area contributed by atoms with Crippen molar-refractivity contribution in [1.29, 1.82) is 0 Å². The minimum absolute atomic E-state index is 0.200. The SMILES string of the molecule is O=C1C=C(O)c2nc(N3CCCCC3)sc2C1=O. The van der Waals surface area contributed by atoms with Crippen LogP contribution in [0.5, 0.6) is 0 Å². The average Bonchev–Trinajstić information content (AvgIpc) is 2.83. The summed E-state index contributed by atoms with van der Waals surface area (Å²) in [6.07, 6.45) is 4.38. The molecule has 1 aliphatic heterocycles. The second kappa shape index (κ2) is 4.20. The van der Waals surface area contributed by atoms with E-state index >= 15 is 0 Å². The van der Waals surface area contributed by atoms with Gasteiger partial charge >= 0.3 is 0 Å². The van der Waals surface area contributed by atoms with Crippen molar-refractivity contribution in [2.24, 2.45) is 0 Å². The monoisotopic (exact) mass is 264 g/mol. The van der Waals surface area contributed by atoms with Gasteiger partial charge in [-0.2, -0.15) is 0 Å². The van der Waals surface area contributed by atoms with Gasteiger partial charge in [0.1, 0.15) is 16.3 Å². The number of aliphatic hydroxyl groups is 1. The summed E-state index contributed by atoms with van der Waals surface area (Å²) in [5.41, 5.74) is 0.255. The van der Waals surface area contributed by atoms with Crippen molar-refractivity contribution in [3.8, 4) is 0 Å². The summed E-state index contributed by atoms with van der Waals surface area (Å²) in [4.78, 5) is 29.7. The first-order valence-corrected chi connectivity index (χ1v) is 6.74. The van der Waals surface area contributed by atoms with E-state index in [2.05, 4.69) is 9.88 Å². The van der Waals surface area contributed by atoms with Crippen LogP contribution in [0.3, 0.4) is 0 Å². The summed E-state index contributed by atoms with van der Waals surface area (Å²) in [5, 5.41) is 10.4. The molecular formula is C12H12N2O3S. The van der Waals surface area contributed by atoms with E-state index in [0.29, 0.717) is 0 Å². The van der Waals surface area contributed by atoms with Crippen molar-refractivity contribution in [3.63, 3.8) is 0 Å². The molecule has 0 radical (unpaired) electrons. The number of carbonyl (C=O) groups is 2. The number of aromatic nitrogens is 1. The van der Waals surface area contributed by atoms with Crippen LogP contribution in [0.15, 0.2) is 6.08 Å². The van der Waals surface area contributed by atoms with Crippen LogP contribution >= 0.6 is 11.3 Å². The summed E-state index contributed by atoms with van der Waals surface area (Å²) in [7, 11) is 0. The topological polar surface area (TPSA) is 70.5 Å². The highest BCUT2D eigenvalue weighted by Gasteiger charge is 2.31. The number of anilines is 1. The van der Waals surface area contributed by atoms with Crippen LogP contribution in [0, 0.1) is 0 Å². The number of hydrogen-bond donors (Lipinski definition) is 1. The van der Waals surface area contributed by atoms with E-state index in [-0.39, 0.29) is 16.3 Å². The Kier molecular flexibility index (Phi) is 2.66. The van der Waals surface area contributed by atoms with Crippen LogP contribution in [-0.4, -0.2) is 34.7 Å². The molecule has 5 nitrogen and oxygen atoms in total. The van der Waals surface area contributed by atoms with Gasteiger partial charge in [0.25, 0.3) is 0 Å². The van der Waals surface area contributed by atoms with Crippen LogP contribution in [0.1, 0.15) is 34.6 Å². The van der Waals surface area contributed by atoms with E-state index in [1.54, 1.807) is 0 Å². The smallest absolute Gasteiger partial charge is 0.245 e. The lowest BCUT2D eigenvalue weighted by Crippen LogP contribution is -2.29. The first-order valence-electron chi connectivity index (χ1n) is 5.92. The predicted octanol–water partition coefficient (Wildman–Crippen LogP) is 1.80. The highest BCUT2D eigenvalue weighted by molar-refractivity contribution is 7.18. The normalized spacial score (nSPS) is 19.8. The maximum absolute atomic E-state index is 11.7. The molecule has 1 fully saturated rings. The molecule has 1 saturated heterocycles. The number of rotatable bonds is 1. The number of nitrogens with zero attached hydrogens (tertiary/aromatic N) is 2. The molecule has 0 atom stereocenters. The number of carbonyl (C=O) groups excluding carboxylic acids is 2. The van der Waals surface area contributed by atoms with E-state index in [1.807, 2.05) is 0 Å². The van der Waals surface area contributed by atoms with Gasteiger partial charge in [-0.3, -0.25) is 9.59 Å². The molecule has 3 rings (SSSR count). The number of allylic oxidation sites excluding steroid dienone is 1. The van der Waals surface area contributed by atoms with Crippen LogP contribution < -0.4 is 4.90 Å². The van der Waals surface area contributed by atoms with Gasteiger partial charge in [0.05, 0.1) is 0 Å². The number of thiazole rings is 1. The molecule has 2 aliphatic rings. The van der Waals surface area contributed by atoms with Crippen molar-refractivity contribution in [2.45, 2.75) is 19.3 Å². The number of Topliss-reactive ketones (excluding diaryl/α,β-unsaturated/α-hetero) is 1. The third-order valence-corrected chi connectivity index (χ3v) is 4.30. The molecule has 18 heavy (non-hydrogen) atoms. The quantitative estimate of drug-likeness (QED) is 0.783. The highest BCUT2D eigenvalue weighted by atomic mass is 32.1. The zero-order chi connectivity index (χ0) is 12.7. The van der Waals surface area contributed by atoms with Crippen molar-refractivity contribution in [3.05, 3.63) is 16.6 Å². The second-order valence-electron chi connectivity index (χ2n) is 4.44. The maximum atomic E-state index is 11.7. The van der Waals surface area contributed by atoms with Gasteiger partial charge in [0, 0.05) is 19.2 Å². The highest BCUT2D eigenvalue weighted by Crippen LogP contribution is 2.33. The molecule has 1 aromatic rings. The third-order valence-electron chi connectivity index (χ3n) is 3.18. The molecular weight excluding hydrogens is 252 g/mol. The molecule has 0 bridgehead atoms. The maximum Gasteiger partial charge on any atom is 0.245 e. The van der Waals surface area contributed by atoms with Crippen LogP contribution in [-0.2, 0) is 4.79 Å². The van der Waals surface area contributed by atoms with E-state index in [9.17, 15) is 14.7 Å². The van der Waals surface area contributed by atoms with Gasteiger partial charge in [-0.15, -0.1) is 0 Å². The Labute approximate surface area is 108 Å². The molecule has 0 aromatic carbocycles. The molecule has 1 aliphatic carbocycles. The number of ketones is 2. The Morgan fingerprint density at radius 2 is 1.94 bits per heavy atom. The van der Waals surface area contributed by atoms with Gasteiger partial charge in [-0.05, 0) is 19.3 Å². The minimum atomic E-state index is -0.672. The molecule has 0 unspecified atom stereocenters. The first-order chi connectivity index (χ1) is 8.66. The Balaban J connectivity index is 1.99. The second-order valence-corrected chi connectivity index (χ2v) is 5.42. The fourth-order valence-corrected chi connectivity index (χ4v) is 3.30. The van der Waals surface area contributed by atoms with Gasteiger partial charge < -0.3 is 10.0 Å². The Bertz CT molecular complexity index is 556. The van der Waals surface area contributed by atoms with Gasteiger partial charge in [-0.1, -0.05) is 11.3 Å². The largest absolute Gasteiger partial charge is 0.505 e. The summed E-state index contributed by atoms with van der Waals surface area (Å²) >= 11 is 1.20.